The first kappa shape index (κ1) is 10.1. The lowest BCUT2D eigenvalue weighted by atomic mass is 9.87. The molecule has 1 rings (SSSR count). The zero-order valence-electron chi connectivity index (χ0n) is 7.99. The van der Waals surface area contributed by atoms with Gasteiger partial charge in [-0.05, 0) is 18.3 Å². The summed E-state index contributed by atoms with van der Waals surface area (Å²) in [6.07, 6.45) is 3.93. The molecule has 1 N–H and O–H groups in total. The largest absolute Gasteiger partial charge is 0.309 e. The highest BCUT2D eigenvalue weighted by atomic mass is 35.5. The molecule has 0 aromatic carbocycles. The lowest BCUT2D eigenvalue weighted by Crippen LogP contribution is -2.38. The first-order chi connectivity index (χ1) is 5.52. The molecule has 1 nitrogen and oxygen atoms in total. The quantitative estimate of drug-likeness (QED) is 0.717. The van der Waals surface area contributed by atoms with E-state index in [2.05, 4.69) is 25.7 Å². The van der Waals surface area contributed by atoms with Crippen LogP contribution in [0.2, 0.25) is 0 Å². The maximum absolute atomic E-state index is 5.69. The molecule has 0 spiro atoms. The van der Waals surface area contributed by atoms with E-state index in [1.165, 1.54) is 19.3 Å². The first-order valence-electron chi connectivity index (χ1n) is 4.59. The van der Waals surface area contributed by atoms with Crippen LogP contribution in [0.25, 0.3) is 0 Å². The molecular formula is C10H18ClN. The van der Waals surface area contributed by atoms with Gasteiger partial charge in [0.2, 0.25) is 0 Å². The second-order valence-corrected chi connectivity index (χ2v) is 4.87. The summed E-state index contributed by atoms with van der Waals surface area (Å²) < 4.78 is 0. The number of nitrogens with one attached hydrogen (secondary N) is 1. The topological polar surface area (TPSA) is 12.0 Å². The second-order valence-electron chi connectivity index (χ2n) is 4.33. The van der Waals surface area contributed by atoms with Crippen molar-refractivity contribution < 1.29 is 0 Å². The fourth-order valence-electron chi connectivity index (χ4n) is 1.94. The van der Waals surface area contributed by atoms with Gasteiger partial charge in [0, 0.05) is 17.6 Å². The van der Waals surface area contributed by atoms with Crippen LogP contribution in [-0.2, 0) is 0 Å². The van der Waals surface area contributed by atoms with Crippen molar-refractivity contribution in [1.29, 1.82) is 0 Å². The van der Waals surface area contributed by atoms with Crippen molar-refractivity contribution in [3.8, 4) is 0 Å². The Labute approximate surface area is 80.2 Å². The van der Waals surface area contributed by atoms with Crippen LogP contribution in [0.5, 0.6) is 0 Å². The summed E-state index contributed by atoms with van der Waals surface area (Å²) in [7, 11) is 0. The lowest BCUT2D eigenvalue weighted by molar-refractivity contribution is 0.290. The summed E-state index contributed by atoms with van der Waals surface area (Å²) in [5.74, 6) is 0. The van der Waals surface area contributed by atoms with Crippen LogP contribution >= 0.6 is 11.6 Å². The van der Waals surface area contributed by atoms with E-state index in [1.807, 2.05) is 0 Å². The van der Waals surface area contributed by atoms with Crippen LogP contribution < -0.4 is 5.32 Å². The third kappa shape index (κ3) is 2.49. The molecule has 12 heavy (non-hydrogen) atoms. The summed E-state index contributed by atoms with van der Waals surface area (Å²) >= 11 is 5.69. The molecule has 1 saturated carbocycles. The molecule has 70 valence electrons. The van der Waals surface area contributed by atoms with E-state index in [1.54, 1.807) is 0 Å². The van der Waals surface area contributed by atoms with Crippen molar-refractivity contribution in [3.63, 3.8) is 0 Å². The van der Waals surface area contributed by atoms with Crippen LogP contribution in [-0.4, -0.2) is 12.6 Å². The average Bonchev–Trinajstić information content (AvgIpc) is 2.25. The maximum Gasteiger partial charge on any atom is 0.0310 e. The summed E-state index contributed by atoms with van der Waals surface area (Å²) in [6.45, 7) is 9.04. The fraction of sp³-hybridized carbons (Fsp3) is 0.800. The van der Waals surface area contributed by atoms with Crippen molar-refractivity contribution in [2.24, 2.45) is 5.41 Å². The highest BCUT2D eigenvalue weighted by Crippen LogP contribution is 2.37. The number of halogens is 1. The van der Waals surface area contributed by atoms with Crippen LogP contribution in [0.15, 0.2) is 11.6 Å². The minimum Gasteiger partial charge on any atom is -0.309 e. The minimum absolute atomic E-state index is 0.437. The smallest absolute Gasteiger partial charge is 0.0310 e. The average molecular weight is 188 g/mol. The summed E-state index contributed by atoms with van der Waals surface area (Å²) in [6, 6.07) is 0.619. The zero-order chi connectivity index (χ0) is 9.19. The molecule has 0 bridgehead atoms. The Hall–Kier alpha value is -0.0100. The zero-order valence-corrected chi connectivity index (χ0v) is 8.75. The van der Waals surface area contributed by atoms with Gasteiger partial charge in [-0.3, -0.25) is 0 Å². The molecule has 0 saturated heterocycles. The standard InChI is InChI=1S/C10H18ClN/c1-8(11)7-12-9-5-4-6-10(9,2)3/h9,12H,1,4-7H2,2-3H3. The van der Waals surface area contributed by atoms with Crippen molar-refractivity contribution in [1.82, 2.24) is 5.32 Å². The van der Waals surface area contributed by atoms with Gasteiger partial charge in [0.15, 0.2) is 0 Å². The van der Waals surface area contributed by atoms with Crippen LogP contribution in [0.1, 0.15) is 33.1 Å². The molecule has 0 aromatic rings. The van der Waals surface area contributed by atoms with Gasteiger partial charge in [-0.25, -0.2) is 0 Å². The molecule has 0 amide bonds. The highest BCUT2D eigenvalue weighted by Gasteiger charge is 2.33. The van der Waals surface area contributed by atoms with E-state index in [9.17, 15) is 0 Å². The minimum atomic E-state index is 0.437. The summed E-state index contributed by atoms with van der Waals surface area (Å²) in [4.78, 5) is 0. The molecular weight excluding hydrogens is 170 g/mol. The van der Waals surface area contributed by atoms with E-state index < -0.39 is 0 Å². The Bertz CT molecular complexity index is 175. The lowest BCUT2D eigenvalue weighted by Gasteiger charge is -2.27. The molecule has 1 aliphatic rings. The number of rotatable bonds is 3. The van der Waals surface area contributed by atoms with Crippen LogP contribution in [0.3, 0.4) is 0 Å². The Morgan fingerprint density at radius 3 is 2.75 bits per heavy atom. The van der Waals surface area contributed by atoms with Gasteiger partial charge >= 0.3 is 0 Å². The Morgan fingerprint density at radius 2 is 2.33 bits per heavy atom. The van der Waals surface area contributed by atoms with Crippen molar-refractivity contribution in [2.75, 3.05) is 6.54 Å². The molecule has 1 fully saturated rings. The van der Waals surface area contributed by atoms with Crippen molar-refractivity contribution in [3.05, 3.63) is 11.6 Å². The van der Waals surface area contributed by atoms with E-state index in [0.717, 1.165) is 6.54 Å². The first-order valence-corrected chi connectivity index (χ1v) is 4.97. The normalized spacial score (nSPS) is 27.4. The van der Waals surface area contributed by atoms with Crippen molar-refractivity contribution in [2.45, 2.75) is 39.2 Å². The van der Waals surface area contributed by atoms with Crippen LogP contribution in [0, 0.1) is 5.41 Å². The Balaban J connectivity index is 2.36. The van der Waals surface area contributed by atoms with Gasteiger partial charge < -0.3 is 5.32 Å². The Kier molecular flexibility index (Phi) is 3.19. The van der Waals surface area contributed by atoms with Gasteiger partial charge in [-0.2, -0.15) is 0 Å². The monoisotopic (exact) mass is 187 g/mol. The SMILES string of the molecule is C=C(Cl)CNC1CCCC1(C)C. The van der Waals surface area contributed by atoms with E-state index in [-0.39, 0.29) is 0 Å². The van der Waals surface area contributed by atoms with Gasteiger partial charge in [0.1, 0.15) is 0 Å². The third-order valence-corrected chi connectivity index (χ3v) is 2.93. The van der Waals surface area contributed by atoms with Crippen molar-refractivity contribution >= 4 is 11.6 Å². The van der Waals surface area contributed by atoms with Gasteiger partial charge in [0.05, 0.1) is 0 Å². The van der Waals surface area contributed by atoms with Gasteiger partial charge in [0.25, 0.3) is 0 Å². The van der Waals surface area contributed by atoms with Gasteiger partial charge in [-0.1, -0.05) is 38.4 Å². The molecule has 0 radical (unpaired) electrons. The molecule has 1 unspecified atom stereocenters. The predicted molar refractivity (Wildman–Crippen MR) is 54.4 cm³/mol. The molecule has 2 heteroatoms. The summed E-state index contributed by atoms with van der Waals surface area (Å²) in [5, 5.41) is 4.15. The van der Waals surface area contributed by atoms with E-state index >= 15 is 0 Å². The Morgan fingerprint density at radius 1 is 1.67 bits per heavy atom. The third-order valence-electron chi connectivity index (χ3n) is 2.80. The maximum atomic E-state index is 5.69. The fourth-order valence-corrected chi connectivity index (χ4v) is 2.02. The number of hydrogen-bond acceptors (Lipinski definition) is 1. The molecule has 1 aliphatic carbocycles. The predicted octanol–water partition coefficient (Wildman–Crippen LogP) is 2.91. The summed E-state index contributed by atoms with van der Waals surface area (Å²) in [5.41, 5.74) is 0.437. The van der Waals surface area contributed by atoms with E-state index in [4.69, 9.17) is 11.6 Å². The number of hydrogen-bond donors (Lipinski definition) is 1. The molecule has 0 heterocycles. The van der Waals surface area contributed by atoms with Crippen LogP contribution in [0.4, 0.5) is 0 Å². The molecule has 1 atom stereocenters. The molecule has 0 aliphatic heterocycles. The highest BCUT2D eigenvalue weighted by molar-refractivity contribution is 6.29. The second kappa shape index (κ2) is 3.80. The molecule has 0 aromatic heterocycles. The van der Waals surface area contributed by atoms with E-state index in [0.29, 0.717) is 16.5 Å². The van der Waals surface area contributed by atoms with Gasteiger partial charge in [-0.15, -0.1) is 0 Å².